The van der Waals surface area contributed by atoms with Gasteiger partial charge < -0.3 is 10.3 Å². The van der Waals surface area contributed by atoms with Gasteiger partial charge in [0.2, 0.25) is 0 Å². The van der Waals surface area contributed by atoms with Crippen LogP contribution in [-0.4, -0.2) is 36.0 Å². The SMILES string of the molecule is Cc1cccc2nc(CCNc3ncnc4nc[nH]c34)n(-c3cccc(F)c3)c(=O)c12. The second-order valence-corrected chi connectivity index (χ2v) is 7.12. The predicted octanol–water partition coefficient (Wildman–Crippen LogP) is 3.15. The third-order valence-electron chi connectivity index (χ3n) is 5.11. The molecule has 0 unspecified atom stereocenters. The molecule has 0 aliphatic heterocycles. The van der Waals surface area contributed by atoms with Crippen LogP contribution in [0.2, 0.25) is 0 Å². The molecule has 0 amide bonds. The highest BCUT2D eigenvalue weighted by atomic mass is 19.1. The number of hydrogen-bond donors (Lipinski definition) is 2. The minimum atomic E-state index is -0.416. The lowest BCUT2D eigenvalue weighted by Gasteiger charge is -2.15. The summed E-state index contributed by atoms with van der Waals surface area (Å²) in [5, 5.41) is 3.77. The van der Waals surface area contributed by atoms with Gasteiger partial charge in [0, 0.05) is 13.0 Å². The van der Waals surface area contributed by atoms with E-state index in [1.54, 1.807) is 18.5 Å². The summed E-state index contributed by atoms with van der Waals surface area (Å²) in [6, 6.07) is 11.5. The predicted molar refractivity (Wildman–Crippen MR) is 116 cm³/mol. The number of nitrogens with one attached hydrogen (secondary N) is 2. The number of aryl methyl sites for hydroxylation is 1. The maximum Gasteiger partial charge on any atom is 0.266 e. The maximum atomic E-state index is 13.9. The largest absolute Gasteiger partial charge is 0.368 e. The Balaban J connectivity index is 1.56. The summed E-state index contributed by atoms with van der Waals surface area (Å²) in [6.45, 7) is 2.32. The number of anilines is 1. The van der Waals surface area contributed by atoms with Gasteiger partial charge in [-0.05, 0) is 36.8 Å². The highest BCUT2D eigenvalue weighted by Crippen LogP contribution is 2.18. The first-order valence-electron chi connectivity index (χ1n) is 9.77. The van der Waals surface area contributed by atoms with Crippen molar-refractivity contribution >= 4 is 27.9 Å². The van der Waals surface area contributed by atoms with E-state index in [4.69, 9.17) is 4.98 Å². The fourth-order valence-electron chi connectivity index (χ4n) is 3.68. The van der Waals surface area contributed by atoms with Crippen LogP contribution in [0.1, 0.15) is 11.4 Å². The van der Waals surface area contributed by atoms with E-state index in [-0.39, 0.29) is 5.56 Å². The number of rotatable bonds is 5. The molecule has 5 aromatic rings. The molecule has 3 heterocycles. The van der Waals surface area contributed by atoms with Gasteiger partial charge in [0.1, 0.15) is 23.5 Å². The molecule has 2 N–H and O–H groups in total. The molecule has 0 fully saturated rings. The highest BCUT2D eigenvalue weighted by Gasteiger charge is 2.15. The van der Waals surface area contributed by atoms with E-state index < -0.39 is 5.82 Å². The summed E-state index contributed by atoms with van der Waals surface area (Å²) >= 11 is 0. The molecule has 2 aromatic carbocycles. The van der Waals surface area contributed by atoms with Crippen LogP contribution >= 0.6 is 0 Å². The number of aromatic nitrogens is 6. The van der Waals surface area contributed by atoms with Crippen LogP contribution in [0.15, 0.2) is 59.9 Å². The molecular formula is C22H18FN7O. The number of benzene rings is 2. The third kappa shape index (κ3) is 3.39. The van der Waals surface area contributed by atoms with Gasteiger partial charge in [-0.15, -0.1) is 0 Å². The van der Waals surface area contributed by atoms with Crippen LogP contribution in [0.5, 0.6) is 0 Å². The lowest BCUT2D eigenvalue weighted by molar-refractivity contribution is 0.625. The molecule has 5 rings (SSSR count). The molecule has 0 bridgehead atoms. The average Bonchev–Trinajstić information content (AvgIpc) is 3.23. The van der Waals surface area contributed by atoms with Gasteiger partial charge in [-0.2, -0.15) is 0 Å². The van der Waals surface area contributed by atoms with Crippen molar-refractivity contribution in [2.75, 3.05) is 11.9 Å². The summed E-state index contributed by atoms with van der Waals surface area (Å²) in [5.41, 5.74) is 2.93. The van der Waals surface area contributed by atoms with Crippen molar-refractivity contribution in [1.82, 2.24) is 29.5 Å². The Morgan fingerprint density at radius 2 is 2.00 bits per heavy atom. The normalized spacial score (nSPS) is 11.3. The van der Waals surface area contributed by atoms with Crippen LogP contribution in [0.25, 0.3) is 27.8 Å². The molecule has 0 atom stereocenters. The van der Waals surface area contributed by atoms with Gasteiger partial charge in [-0.3, -0.25) is 9.36 Å². The third-order valence-corrected chi connectivity index (χ3v) is 5.11. The summed E-state index contributed by atoms with van der Waals surface area (Å²) in [6.07, 6.45) is 3.40. The minimum absolute atomic E-state index is 0.221. The van der Waals surface area contributed by atoms with Crippen LogP contribution in [0.3, 0.4) is 0 Å². The molecule has 0 aliphatic carbocycles. The Hall–Kier alpha value is -4.14. The van der Waals surface area contributed by atoms with Gasteiger partial charge in [0.25, 0.3) is 5.56 Å². The highest BCUT2D eigenvalue weighted by molar-refractivity contribution is 5.82. The van der Waals surface area contributed by atoms with E-state index in [1.165, 1.54) is 23.0 Å². The van der Waals surface area contributed by atoms with Gasteiger partial charge in [-0.1, -0.05) is 18.2 Å². The number of fused-ring (bicyclic) bond motifs is 2. The fraction of sp³-hybridized carbons (Fsp3) is 0.136. The first-order chi connectivity index (χ1) is 15.1. The lowest BCUT2D eigenvalue weighted by Crippen LogP contribution is -2.26. The first-order valence-corrected chi connectivity index (χ1v) is 9.77. The first kappa shape index (κ1) is 18.9. The van der Waals surface area contributed by atoms with Crippen molar-refractivity contribution < 1.29 is 4.39 Å². The van der Waals surface area contributed by atoms with Crippen LogP contribution in [0, 0.1) is 12.7 Å². The number of aromatic amines is 1. The van der Waals surface area contributed by atoms with Crippen LogP contribution in [0.4, 0.5) is 10.2 Å². The van der Waals surface area contributed by atoms with Crippen molar-refractivity contribution in [3.63, 3.8) is 0 Å². The van der Waals surface area contributed by atoms with E-state index in [0.29, 0.717) is 52.4 Å². The van der Waals surface area contributed by atoms with Crippen LogP contribution in [-0.2, 0) is 6.42 Å². The molecule has 0 saturated carbocycles. The van der Waals surface area contributed by atoms with E-state index in [9.17, 15) is 9.18 Å². The number of halogens is 1. The van der Waals surface area contributed by atoms with Crippen molar-refractivity contribution in [1.29, 1.82) is 0 Å². The number of imidazole rings is 1. The molecule has 0 saturated heterocycles. The minimum Gasteiger partial charge on any atom is -0.368 e. The van der Waals surface area contributed by atoms with Crippen molar-refractivity contribution in [2.24, 2.45) is 0 Å². The lowest BCUT2D eigenvalue weighted by atomic mass is 10.1. The summed E-state index contributed by atoms with van der Waals surface area (Å²) in [7, 11) is 0. The molecule has 154 valence electrons. The Kier molecular flexibility index (Phi) is 4.62. The Morgan fingerprint density at radius 1 is 1.13 bits per heavy atom. The Morgan fingerprint density at radius 3 is 2.87 bits per heavy atom. The zero-order chi connectivity index (χ0) is 21.4. The van der Waals surface area contributed by atoms with Crippen molar-refractivity contribution in [2.45, 2.75) is 13.3 Å². The fourth-order valence-corrected chi connectivity index (χ4v) is 3.68. The van der Waals surface area contributed by atoms with Gasteiger partial charge in [0.15, 0.2) is 11.5 Å². The van der Waals surface area contributed by atoms with Gasteiger partial charge in [0.05, 0.1) is 22.9 Å². The van der Waals surface area contributed by atoms with E-state index >= 15 is 0 Å². The monoisotopic (exact) mass is 415 g/mol. The zero-order valence-electron chi connectivity index (χ0n) is 16.6. The van der Waals surface area contributed by atoms with Crippen molar-refractivity contribution in [3.05, 3.63) is 82.7 Å². The van der Waals surface area contributed by atoms with E-state index in [0.717, 1.165) is 5.56 Å². The maximum absolute atomic E-state index is 13.9. The quantitative estimate of drug-likeness (QED) is 0.457. The standard InChI is InChI=1S/C22H18FN7O/c1-13-4-2-7-16-18(13)22(31)30(15-6-3-5-14(23)10-15)17(29-16)8-9-24-20-19-21(26-11-25-19)28-12-27-20/h2-7,10-12H,8-9H2,1H3,(H2,24,25,26,27,28). The molecule has 0 radical (unpaired) electrons. The smallest absolute Gasteiger partial charge is 0.266 e. The molecule has 8 nitrogen and oxygen atoms in total. The van der Waals surface area contributed by atoms with Crippen molar-refractivity contribution in [3.8, 4) is 5.69 Å². The zero-order valence-corrected chi connectivity index (χ0v) is 16.6. The number of nitrogens with zero attached hydrogens (tertiary/aromatic N) is 5. The van der Waals surface area contributed by atoms with Gasteiger partial charge >= 0.3 is 0 Å². The van der Waals surface area contributed by atoms with E-state index in [1.807, 2.05) is 25.1 Å². The molecule has 0 spiro atoms. The summed E-state index contributed by atoms with van der Waals surface area (Å²) < 4.78 is 15.4. The number of hydrogen-bond acceptors (Lipinski definition) is 6. The van der Waals surface area contributed by atoms with Gasteiger partial charge in [-0.25, -0.2) is 24.3 Å². The number of H-pyrrole nitrogens is 1. The van der Waals surface area contributed by atoms with Crippen LogP contribution < -0.4 is 10.9 Å². The van der Waals surface area contributed by atoms with E-state index in [2.05, 4.69) is 25.3 Å². The Bertz CT molecular complexity index is 1470. The summed E-state index contributed by atoms with van der Waals surface area (Å²) in [5.74, 6) is 0.718. The molecule has 31 heavy (non-hydrogen) atoms. The Labute approximate surface area is 175 Å². The molecular weight excluding hydrogens is 397 g/mol. The average molecular weight is 415 g/mol. The molecule has 3 aromatic heterocycles. The summed E-state index contributed by atoms with van der Waals surface area (Å²) in [4.78, 5) is 33.6. The second kappa shape index (κ2) is 7.60. The molecule has 9 heteroatoms. The topological polar surface area (TPSA) is 101 Å². The molecule has 0 aliphatic rings. The second-order valence-electron chi connectivity index (χ2n) is 7.12.